The van der Waals surface area contributed by atoms with Crippen LogP contribution in [0.5, 0.6) is 0 Å². The molecule has 0 aromatic rings. The number of carbonyl (C=O) groups excluding carboxylic acids is 1. The van der Waals surface area contributed by atoms with E-state index in [-0.39, 0.29) is 5.91 Å². The number of hydrogen-bond acceptors (Lipinski definition) is 2. The third-order valence-electron chi connectivity index (χ3n) is 2.24. The van der Waals surface area contributed by atoms with Crippen LogP contribution in [0.2, 0.25) is 0 Å². The van der Waals surface area contributed by atoms with Gasteiger partial charge in [0.1, 0.15) is 0 Å². The second kappa shape index (κ2) is 8.72. The zero-order chi connectivity index (χ0) is 11.7. The van der Waals surface area contributed by atoms with Crippen molar-refractivity contribution in [1.82, 2.24) is 10.6 Å². The topological polar surface area (TPSA) is 41.1 Å². The predicted octanol–water partition coefficient (Wildman–Crippen LogP) is 1.93. The summed E-state index contributed by atoms with van der Waals surface area (Å²) in [6.45, 7) is 10.2. The summed E-state index contributed by atoms with van der Waals surface area (Å²) < 4.78 is 0. The molecule has 0 fully saturated rings. The molecule has 15 heavy (non-hydrogen) atoms. The van der Waals surface area contributed by atoms with Crippen LogP contribution in [-0.4, -0.2) is 25.0 Å². The number of amides is 1. The molecular formula is C12H26N2O. The Labute approximate surface area is 94.0 Å². The van der Waals surface area contributed by atoms with Gasteiger partial charge in [-0.1, -0.05) is 20.8 Å². The SMILES string of the molecule is CCCNC(=O)CCNC(C)CC(C)C. The Hall–Kier alpha value is -0.570. The first kappa shape index (κ1) is 14.4. The van der Waals surface area contributed by atoms with Crippen molar-refractivity contribution in [2.24, 2.45) is 5.92 Å². The van der Waals surface area contributed by atoms with Crippen molar-refractivity contribution in [2.45, 2.75) is 53.0 Å². The Kier molecular flexibility index (Phi) is 8.38. The fourth-order valence-electron chi connectivity index (χ4n) is 1.58. The van der Waals surface area contributed by atoms with Gasteiger partial charge in [0.25, 0.3) is 0 Å². The highest BCUT2D eigenvalue weighted by Gasteiger charge is 2.05. The first-order valence-corrected chi connectivity index (χ1v) is 6.06. The van der Waals surface area contributed by atoms with Crippen LogP contribution < -0.4 is 10.6 Å². The number of hydrogen-bond donors (Lipinski definition) is 2. The second-order valence-electron chi connectivity index (χ2n) is 4.58. The molecule has 0 saturated heterocycles. The van der Waals surface area contributed by atoms with Crippen LogP contribution in [0.3, 0.4) is 0 Å². The third-order valence-corrected chi connectivity index (χ3v) is 2.24. The molecule has 1 unspecified atom stereocenters. The van der Waals surface area contributed by atoms with Crippen molar-refractivity contribution < 1.29 is 4.79 Å². The quantitative estimate of drug-likeness (QED) is 0.648. The van der Waals surface area contributed by atoms with E-state index in [9.17, 15) is 4.79 Å². The minimum absolute atomic E-state index is 0.154. The van der Waals surface area contributed by atoms with Gasteiger partial charge in [-0.05, 0) is 25.7 Å². The van der Waals surface area contributed by atoms with Crippen LogP contribution in [0.25, 0.3) is 0 Å². The summed E-state index contributed by atoms with van der Waals surface area (Å²) >= 11 is 0. The minimum Gasteiger partial charge on any atom is -0.356 e. The van der Waals surface area contributed by atoms with Gasteiger partial charge in [-0.15, -0.1) is 0 Å². The first-order valence-electron chi connectivity index (χ1n) is 6.06. The van der Waals surface area contributed by atoms with Gasteiger partial charge in [-0.2, -0.15) is 0 Å². The van der Waals surface area contributed by atoms with Crippen molar-refractivity contribution in [1.29, 1.82) is 0 Å². The van der Waals surface area contributed by atoms with Crippen molar-refractivity contribution >= 4 is 5.91 Å². The molecule has 0 aliphatic rings. The summed E-state index contributed by atoms with van der Waals surface area (Å²) in [7, 11) is 0. The molecule has 1 atom stereocenters. The fraction of sp³-hybridized carbons (Fsp3) is 0.917. The summed E-state index contributed by atoms with van der Waals surface area (Å²) in [4.78, 5) is 11.3. The van der Waals surface area contributed by atoms with E-state index in [1.54, 1.807) is 0 Å². The molecule has 0 spiro atoms. The lowest BCUT2D eigenvalue weighted by molar-refractivity contribution is -0.121. The zero-order valence-corrected chi connectivity index (χ0v) is 10.6. The maximum Gasteiger partial charge on any atom is 0.221 e. The molecule has 0 bridgehead atoms. The van der Waals surface area contributed by atoms with Gasteiger partial charge in [-0.25, -0.2) is 0 Å². The number of carbonyl (C=O) groups is 1. The van der Waals surface area contributed by atoms with Crippen LogP contribution in [0.4, 0.5) is 0 Å². The highest BCUT2D eigenvalue weighted by atomic mass is 16.1. The molecule has 0 heterocycles. The van der Waals surface area contributed by atoms with Crippen molar-refractivity contribution in [3.8, 4) is 0 Å². The number of nitrogens with one attached hydrogen (secondary N) is 2. The standard InChI is InChI=1S/C12H26N2O/c1-5-7-14-12(15)6-8-13-11(4)9-10(2)3/h10-11,13H,5-9H2,1-4H3,(H,14,15). The molecule has 0 radical (unpaired) electrons. The van der Waals surface area contributed by atoms with Gasteiger partial charge in [0.15, 0.2) is 0 Å². The Balaban J connectivity index is 3.40. The molecule has 0 aliphatic carbocycles. The molecule has 3 nitrogen and oxygen atoms in total. The van der Waals surface area contributed by atoms with Gasteiger partial charge in [-0.3, -0.25) is 4.79 Å². The molecule has 3 heteroatoms. The molecular weight excluding hydrogens is 188 g/mol. The molecule has 0 saturated carbocycles. The van der Waals surface area contributed by atoms with E-state index in [1.165, 1.54) is 0 Å². The Morgan fingerprint density at radius 1 is 1.20 bits per heavy atom. The van der Waals surface area contributed by atoms with E-state index in [4.69, 9.17) is 0 Å². The highest BCUT2D eigenvalue weighted by molar-refractivity contribution is 5.75. The maximum atomic E-state index is 11.3. The fourth-order valence-corrected chi connectivity index (χ4v) is 1.58. The van der Waals surface area contributed by atoms with Crippen LogP contribution in [0.1, 0.15) is 47.0 Å². The van der Waals surface area contributed by atoms with Gasteiger partial charge >= 0.3 is 0 Å². The average molecular weight is 214 g/mol. The average Bonchev–Trinajstić information content (AvgIpc) is 2.13. The Morgan fingerprint density at radius 2 is 1.87 bits per heavy atom. The maximum absolute atomic E-state index is 11.3. The second-order valence-corrected chi connectivity index (χ2v) is 4.58. The summed E-state index contributed by atoms with van der Waals surface area (Å²) in [5, 5.41) is 6.23. The van der Waals surface area contributed by atoms with Gasteiger partial charge in [0.05, 0.1) is 0 Å². The van der Waals surface area contributed by atoms with Crippen LogP contribution in [-0.2, 0) is 4.79 Å². The van der Waals surface area contributed by atoms with Crippen LogP contribution in [0, 0.1) is 5.92 Å². The largest absolute Gasteiger partial charge is 0.356 e. The van der Waals surface area contributed by atoms with Crippen LogP contribution in [0.15, 0.2) is 0 Å². The van der Waals surface area contributed by atoms with Crippen molar-refractivity contribution in [3.05, 3.63) is 0 Å². The van der Waals surface area contributed by atoms with Gasteiger partial charge < -0.3 is 10.6 Å². The smallest absolute Gasteiger partial charge is 0.221 e. The van der Waals surface area contributed by atoms with E-state index in [1.807, 2.05) is 0 Å². The van der Waals surface area contributed by atoms with Gasteiger partial charge in [0, 0.05) is 25.6 Å². The Morgan fingerprint density at radius 3 is 2.40 bits per heavy atom. The lowest BCUT2D eigenvalue weighted by Crippen LogP contribution is -2.32. The summed E-state index contributed by atoms with van der Waals surface area (Å²) in [5.74, 6) is 0.863. The van der Waals surface area contributed by atoms with E-state index in [0.717, 1.165) is 25.9 Å². The van der Waals surface area contributed by atoms with E-state index in [2.05, 4.69) is 38.3 Å². The zero-order valence-electron chi connectivity index (χ0n) is 10.6. The molecule has 0 rings (SSSR count). The predicted molar refractivity (Wildman–Crippen MR) is 64.8 cm³/mol. The first-order chi connectivity index (χ1) is 7.06. The summed E-state index contributed by atoms with van der Waals surface area (Å²) in [5.41, 5.74) is 0. The minimum atomic E-state index is 0.154. The summed E-state index contributed by atoms with van der Waals surface area (Å²) in [6, 6.07) is 0.504. The lowest BCUT2D eigenvalue weighted by Gasteiger charge is -2.15. The van der Waals surface area contributed by atoms with E-state index in [0.29, 0.717) is 18.4 Å². The highest BCUT2D eigenvalue weighted by Crippen LogP contribution is 2.03. The molecule has 0 aromatic carbocycles. The molecule has 0 aromatic heterocycles. The molecule has 0 aliphatic heterocycles. The van der Waals surface area contributed by atoms with Gasteiger partial charge in [0.2, 0.25) is 5.91 Å². The van der Waals surface area contributed by atoms with Crippen LogP contribution >= 0.6 is 0 Å². The summed E-state index contributed by atoms with van der Waals surface area (Å²) in [6.07, 6.45) is 2.75. The molecule has 2 N–H and O–H groups in total. The normalized spacial score (nSPS) is 12.9. The Bertz CT molecular complexity index is 169. The van der Waals surface area contributed by atoms with Crippen molar-refractivity contribution in [3.63, 3.8) is 0 Å². The number of rotatable bonds is 8. The van der Waals surface area contributed by atoms with E-state index < -0.39 is 0 Å². The van der Waals surface area contributed by atoms with E-state index >= 15 is 0 Å². The van der Waals surface area contributed by atoms with Crippen molar-refractivity contribution in [2.75, 3.05) is 13.1 Å². The molecule has 90 valence electrons. The monoisotopic (exact) mass is 214 g/mol. The lowest BCUT2D eigenvalue weighted by atomic mass is 10.1. The molecule has 1 amide bonds. The third kappa shape index (κ3) is 9.73.